The second kappa shape index (κ2) is 9.05. The number of sulfonamides is 1. The Morgan fingerprint density at radius 2 is 1.76 bits per heavy atom. The number of aromatic nitrogens is 1. The highest BCUT2D eigenvalue weighted by Crippen LogP contribution is 2.25. The van der Waals surface area contributed by atoms with Crippen molar-refractivity contribution in [1.82, 2.24) is 9.46 Å². The van der Waals surface area contributed by atoms with Crippen molar-refractivity contribution in [3.8, 4) is 11.3 Å². The number of ether oxygens (including phenoxy) is 1. The minimum atomic E-state index is -3.68. The van der Waals surface area contributed by atoms with E-state index in [0.717, 1.165) is 0 Å². The smallest absolute Gasteiger partial charge is 0.277 e. The zero-order valence-electron chi connectivity index (χ0n) is 18.4. The van der Waals surface area contributed by atoms with Crippen LogP contribution in [-0.2, 0) is 14.8 Å². The third kappa shape index (κ3) is 4.97. The Balaban J connectivity index is 1.45. The highest BCUT2D eigenvalue weighted by molar-refractivity contribution is 7.89. The van der Waals surface area contributed by atoms with Crippen molar-refractivity contribution in [1.29, 1.82) is 0 Å². The van der Waals surface area contributed by atoms with Gasteiger partial charge in [-0.1, -0.05) is 17.3 Å². The van der Waals surface area contributed by atoms with Crippen molar-refractivity contribution in [2.75, 3.05) is 18.4 Å². The molecule has 1 amide bonds. The number of aryl methyl sites for hydroxylation is 1. The first-order chi connectivity index (χ1) is 15.6. The van der Waals surface area contributed by atoms with Crippen LogP contribution >= 0.6 is 0 Å². The van der Waals surface area contributed by atoms with Gasteiger partial charge in [-0.25, -0.2) is 12.8 Å². The van der Waals surface area contributed by atoms with E-state index in [0.29, 0.717) is 16.8 Å². The molecule has 1 aliphatic rings. The first-order valence-corrected chi connectivity index (χ1v) is 11.9. The maximum absolute atomic E-state index is 13.8. The Morgan fingerprint density at radius 3 is 2.39 bits per heavy atom. The van der Waals surface area contributed by atoms with Crippen LogP contribution in [0, 0.1) is 12.7 Å². The SMILES string of the molecule is Cc1ccc(-c2cc(C(=O)Nc3ccc(S(=O)(=O)N4C[C@@H](C)O[C@@H](C)C4)cc3)no2)cc1F. The number of nitrogens with one attached hydrogen (secondary N) is 1. The molecule has 2 heterocycles. The summed E-state index contributed by atoms with van der Waals surface area (Å²) in [4.78, 5) is 12.7. The Hall–Kier alpha value is -3.08. The molecule has 4 rings (SSSR count). The zero-order valence-corrected chi connectivity index (χ0v) is 19.2. The summed E-state index contributed by atoms with van der Waals surface area (Å²) >= 11 is 0. The lowest BCUT2D eigenvalue weighted by molar-refractivity contribution is -0.0440. The van der Waals surface area contributed by atoms with Crippen LogP contribution in [0.15, 0.2) is 57.9 Å². The number of morpholine rings is 1. The summed E-state index contributed by atoms with van der Waals surface area (Å²) in [6, 6.07) is 11.9. The lowest BCUT2D eigenvalue weighted by atomic mass is 10.1. The molecule has 1 aliphatic heterocycles. The number of carbonyl (C=O) groups excluding carboxylic acids is 1. The lowest BCUT2D eigenvalue weighted by Gasteiger charge is -2.34. The molecule has 1 N–H and O–H groups in total. The molecule has 2 atom stereocenters. The van der Waals surface area contributed by atoms with Gasteiger partial charge in [-0.05, 0) is 56.7 Å². The molecule has 0 aliphatic carbocycles. The maximum atomic E-state index is 13.8. The van der Waals surface area contributed by atoms with E-state index in [4.69, 9.17) is 9.26 Å². The van der Waals surface area contributed by atoms with Crippen molar-refractivity contribution in [3.63, 3.8) is 0 Å². The molecule has 0 radical (unpaired) electrons. The summed E-state index contributed by atoms with van der Waals surface area (Å²) < 4.78 is 51.9. The molecule has 10 heteroatoms. The number of hydrogen-bond acceptors (Lipinski definition) is 6. The van der Waals surface area contributed by atoms with Crippen molar-refractivity contribution < 1.29 is 26.9 Å². The van der Waals surface area contributed by atoms with Gasteiger partial charge in [0.25, 0.3) is 5.91 Å². The molecule has 0 bridgehead atoms. The van der Waals surface area contributed by atoms with E-state index in [9.17, 15) is 17.6 Å². The molecule has 8 nitrogen and oxygen atoms in total. The van der Waals surface area contributed by atoms with Gasteiger partial charge in [0.2, 0.25) is 10.0 Å². The quantitative estimate of drug-likeness (QED) is 0.604. The number of nitrogens with zero attached hydrogens (tertiary/aromatic N) is 2. The van der Waals surface area contributed by atoms with Crippen LogP contribution in [-0.4, -0.2) is 49.1 Å². The fraction of sp³-hybridized carbons (Fsp3) is 0.304. The Kier molecular flexibility index (Phi) is 6.33. The van der Waals surface area contributed by atoms with Crippen molar-refractivity contribution in [3.05, 3.63) is 65.6 Å². The van der Waals surface area contributed by atoms with Crippen molar-refractivity contribution in [2.24, 2.45) is 0 Å². The summed E-state index contributed by atoms with van der Waals surface area (Å²) in [7, 11) is -3.68. The molecule has 33 heavy (non-hydrogen) atoms. The highest BCUT2D eigenvalue weighted by Gasteiger charge is 2.32. The van der Waals surface area contributed by atoms with Crippen LogP contribution in [0.4, 0.5) is 10.1 Å². The molecular weight excluding hydrogens is 449 g/mol. The third-order valence-corrected chi connectivity index (χ3v) is 7.18. The average Bonchev–Trinajstić information content (AvgIpc) is 3.26. The van der Waals surface area contributed by atoms with E-state index in [1.807, 2.05) is 13.8 Å². The van der Waals surface area contributed by atoms with Gasteiger partial charge in [-0.3, -0.25) is 4.79 Å². The van der Waals surface area contributed by atoms with Gasteiger partial charge >= 0.3 is 0 Å². The molecule has 1 aromatic heterocycles. The number of hydrogen-bond donors (Lipinski definition) is 1. The Bertz CT molecular complexity index is 1260. The van der Waals surface area contributed by atoms with Gasteiger partial charge in [0, 0.05) is 30.4 Å². The molecule has 1 fully saturated rings. The third-order valence-electron chi connectivity index (χ3n) is 5.34. The first-order valence-electron chi connectivity index (χ1n) is 10.4. The van der Waals surface area contributed by atoms with E-state index >= 15 is 0 Å². The monoisotopic (exact) mass is 473 g/mol. The van der Waals surface area contributed by atoms with Crippen LogP contribution < -0.4 is 5.32 Å². The first kappa shape index (κ1) is 23.1. The van der Waals surface area contributed by atoms with E-state index in [1.165, 1.54) is 40.7 Å². The van der Waals surface area contributed by atoms with Gasteiger partial charge in [0.05, 0.1) is 17.1 Å². The highest BCUT2D eigenvalue weighted by atomic mass is 32.2. The Labute approximate surface area is 191 Å². The van der Waals surface area contributed by atoms with Gasteiger partial charge in [0.1, 0.15) is 5.82 Å². The van der Waals surface area contributed by atoms with Gasteiger partial charge < -0.3 is 14.6 Å². The fourth-order valence-corrected chi connectivity index (χ4v) is 5.24. The summed E-state index contributed by atoms with van der Waals surface area (Å²) in [5.41, 5.74) is 1.37. The predicted molar refractivity (Wildman–Crippen MR) is 120 cm³/mol. The van der Waals surface area contributed by atoms with Crippen LogP contribution in [0.3, 0.4) is 0 Å². The summed E-state index contributed by atoms with van der Waals surface area (Å²) in [6.45, 7) is 5.88. The van der Waals surface area contributed by atoms with Crippen molar-refractivity contribution in [2.45, 2.75) is 37.9 Å². The second-order valence-corrected chi connectivity index (χ2v) is 10.0. The van der Waals surface area contributed by atoms with E-state index in [2.05, 4.69) is 10.5 Å². The number of rotatable bonds is 5. The number of anilines is 1. The zero-order chi connectivity index (χ0) is 23.8. The molecule has 0 unspecified atom stereocenters. The second-order valence-electron chi connectivity index (χ2n) is 8.10. The van der Waals surface area contributed by atoms with Gasteiger partial charge in [-0.2, -0.15) is 4.31 Å². The molecule has 2 aromatic carbocycles. The molecule has 0 saturated carbocycles. The topological polar surface area (TPSA) is 102 Å². The molecular formula is C23H24FN3O5S. The van der Waals surface area contributed by atoms with Crippen LogP contribution in [0.2, 0.25) is 0 Å². The van der Waals surface area contributed by atoms with Crippen molar-refractivity contribution >= 4 is 21.6 Å². The van der Waals surface area contributed by atoms with E-state index in [-0.39, 0.29) is 47.5 Å². The van der Waals surface area contributed by atoms with Gasteiger partial charge in [-0.15, -0.1) is 0 Å². The minimum absolute atomic E-state index is 0.0129. The normalized spacial score (nSPS) is 19.4. The number of carbonyl (C=O) groups is 1. The Morgan fingerprint density at radius 1 is 1.09 bits per heavy atom. The summed E-state index contributed by atoms with van der Waals surface area (Å²) in [5, 5.41) is 6.40. The number of benzene rings is 2. The summed E-state index contributed by atoms with van der Waals surface area (Å²) in [6.07, 6.45) is -0.378. The van der Waals surface area contributed by atoms with Gasteiger partial charge in [0.15, 0.2) is 11.5 Å². The van der Waals surface area contributed by atoms with E-state index < -0.39 is 15.9 Å². The number of amides is 1. The van der Waals surface area contributed by atoms with Crippen LogP contribution in [0.25, 0.3) is 11.3 Å². The standard InChI is InChI=1S/C23H24FN3O5S/c1-14-4-5-17(10-20(14)24)22-11-21(26-32-22)23(28)25-18-6-8-19(9-7-18)33(29,30)27-12-15(2)31-16(3)13-27/h4-11,15-16H,12-13H2,1-3H3,(H,25,28)/t15-,16+. The largest absolute Gasteiger partial charge is 0.373 e. The van der Waals surface area contributed by atoms with Crippen LogP contribution in [0.5, 0.6) is 0 Å². The minimum Gasteiger partial charge on any atom is -0.373 e. The molecule has 3 aromatic rings. The molecule has 174 valence electrons. The maximum Gasteiger partial charge on any atom is 0.277 e. The van der Waals surface area contributed by atoms with Crippen LogP contribution in [0.1, 0.15) is 29.9 Å². The molecule has 0 spiro atoms. The summed E-state index contributed by atoms with van der Waals surface area (Å²) in [5.74, 6) is -0.663. The number of halogens is 1. The average molecular weight is 474 g/mol. The molecule has 1 saturated heterocycles. The predicted octanol–water partition coefficient (Wildman–Crippen LogP) is 3.84. The van der Waals surface area contributed by atoms with E-state index in [1.54, 1.807) is 19.1 Å². The lowest BCUT2D eigenvalue weighted by Crippen LogP contribution is -2.48. The fourth-order valence-electron chi connectivity index (χ4n) is 3.65.